The van der Waals surface area contributed by atoms with Gasteiger partial charge < -0.3 is 33.7 Å². The second kappa shape index (κ2) is 5.95. The van der Waals surface area contributed by atoms with Crippen molar-refractivity contribution in [3.05, 3.63) is 20.2 Å². The van der Waals surface area contributed by atoms with Gasteiger partial charge in [0.1, 0.15) is 30.0 Å². The van der Waals surface area contributed by atoms with Gasteiger partial charge >= 0.3 is 0 Å². The van der Waals surface area contributed by atoms with Gasteiger partial charge in [0.05, 0.1) is 19.8 Å². The Morgan fingerprint density at radius 2 is 1.65 bits per heavy atom. The van der Waals surface area contributed by atoms with Crippen molar-refractivity contribution in [1.82, 2.24) is 0 Å². The maximum atomic E-state index is 12.6. The normalized spacial score (nSPS) is 46.8. The first-order chi connectivity index (χ1) is 12.3. The molecule has 0 unspecified atom stereocenters. The van der Waals surface area contributed by atoms with Crippen molar-refractivity contribution in [3.8, 4) is 0 Å². The largest absolute Gasteiger partial charge is 0.381 e. The van der Waals surface area contributed by atoms with Crippen LogP contribution in [0.2, 0.25) is 0 Å². The Hall–Kier alpha value is -2.13. The van der Waals surface area contributed by atoms with Crippen LogP contribution in [-0.2, 0) is 33.4 Å². The molecule has 1 N–H and O–H groups in total. The fraction of sp³-hybridized carbons (Fsp3) is 0.917. The summed E-state index contributed by atoms with van der Waals surface area (Å²) in [7, 11) is 0. The smallest absolute Gasteiger partial charge is 0.294 e. The highest BCUT2D eigenvalue weighted by atomic mass is 17.0. The molecular formula is C12H14N2O12. The van der Waals surface area contributed by atoms with E-state index in [2.05, 4.69) is 9.68 Å². The summed E-state index contributed by atoms with van der Waals surface area (Å²) in [6, 6.07) is 0. The molecule has 0 saturated carbocycles. The predicted molar refractivity (Wildman–Crippen MR) is 71.6 cm³/mol. The lowest BCUT2D eigenvalue weighted by molar-refractivity contribution is -0.769. The van der Waals surface area contributed by atoms with Crippen LogP contribution < -0.4 is 0 Å². The Bertz CT molecular complexity index is 644. The fourth-order valence-electron chi connectivity index (χ4n) is 3.87. The van der Waals surface area contributed by atoms with Crippen molar-refractivity contribution in [2.75, 3.05) is 19.8 Å². The number of fused-ring (bicyclic) bond motifs is 2. The lowest BCUT2D eigenvalue weighted by Crippen LogP contribution is -2.56. The van der Waals surface area contributed by atoms with Gasteiger partial charge in [-0.15, -0.1) is 20.2 Å². The summed E-state index contributed by atoms with van der Waals surface area (Å²) in [5.41, 5.74) is -1.94. The van der Waals surface area contributed by atoms with Gasteiger partial charge in [0.2, 0.25) is 0 Å². The van der Waals surface area contributed by atoms with Crippen LogP contribution in [0.4, 0.5) is 0 Å². The van der Waals surface area contributed by atoms with E-state index >= 15 is 0 Å². The molecule has 0 aromatic rings. The molecule has 8 atom stereocenters. The average molecular weight is 378 g/mol. The zero-order valence-corrected chi connectivity index (χ0v) is 13.0. The molecule has 4 fully saturated rings. The third-order valence-electron chi connectivity index (χ3n) is 4.94. The van der Waals surface area contributed by atoms with E-state index in [1.807, 2.05) is 0 Å². The standard InChI is InChI=1S/C12H14N2O12/c15-6-9-7(4(1-21-9)25-13(17)18)24-10(6)12(16)3-23-8-5(26-14(19)20)2-22-11(8)12/h4-5,7-11,16H,1-3H2/t4-,5-,7-,8-,9-,10+,11+,12+/m1/s1. The van der Waals surface area contributed by atoms with E-state index in [0.717, 1.165) is 0 Å². The second-order valence-electron chi connectivity index (χ2n) is 6.39. The first kappa shape index (κ1) is 17.3. The minimum Gasteiger partial charge on any atom is -0.381 e. The zero-order chi connectivity index (χ0) is 18.6. The van der Waals surface area contributed by atoms with Crippen LogP contribution in [0.25, 0.3) is 0 Å². The number of aliphatic hydroxyl groups is 1. The number of hydrogen-bond donors (Lipinski definition) is 1. The molecule has 0 aliphatic carbocycles. The van der Waals surface area contributed by atoms with E-state index in [9.17, 15) is 30.1 Å². The van der Waals surface area contributed by atoms with Gasteiger partial charge in [-0.05, 0) is 0 Å². The number of nitrogens with zero attached hydrogens (tertiary/aromatic N) is 2. The summed E-state index contributed by atoms with van der Waals surface area (Å²) in [4.78, 5) is 42.5. The molecule has 0 aromatic carbocycles. The Labute approximate surface area is 144 Å². The second-order valence-corrected chi connectivity index (χ2v) is 6.39. The van der Waals surface area contributed by atoms with E-state index in [1.54, 1.807) is 0 Å². The summed E-state index contributed by atoms with van der Waals surface area (Å²) in [5.74, 6) is -0.626. The SMILES string of the molecule is O=C1[C@H]2OC[C@@H](O[N+](=O)[O-])[C@H]2O[C@@H]1[C@@]1(O)CO[C@@H]2[C@H](O[N+](=O)[O-])CO[C@@H]21. The molecule has 4 heterocycles. The Kier molecular flexibility index (Phi) is 3.96. The molecule has 0 spiro atoms. The lowest BCUT2D eigenvalue weighted by Gasteiger charge is -2.31. The summed E-state index contributed by atoms with van der Waals surface area (Å²) in [6.07, 6.45) is -7.86. The molecule has 144 valence electrons. The first-order valence-corrected chi connectivity index (χ1v) is 7.70. The molecule has 4 saturated heterocycles. The van der Waals surface area contributed by atoms with E-state index < -0.39 is 70.9 Å². The molecule has 26 heavy (non-hydrogen) atoms. The summed E-state index contributed by atoms with van der Waals surface area (Å²) < 4.78 is 21.5. The number of carbonyl (C=O) groups is 1. The highest BCUT2D eigenvalue weighted by molar-refractivity contribution is 5.91. The minimum atomic E-state index is -1.94. The molecule has 14 nitrogen and oxygen atoms in total. The van der Waals surface area contributed by atoms with Crippen molar-refractivity contribution in [2.45, 2.75) is 48.3 Å². The number of ether oxygens (including phenoxy) is 4. The predicted octanol–water partition coefficient (Wildman–Crippen LogP) is -2.60. The average Bonchev–Trinajstić information content (AvgIpc) is 3.27. The highest BCUT2D eigenvalue weighted by Gasteiger charge is 2.67. The van der Waals surface area contributed by atoms with Crippen molar-refractivity contribution in [2.24, 2.45) is 0 Å². The van der Waals surface area contributed by atoms with Crippen LogP contribution in [0.5, 0.6) is 0 Å². The van der Waals surface area contributed by atoms with Gasteiger partial charge in [-0.25, -0.2) is 0 Å². The molecular weight excluding hydrogens is 364 g/mol. The topological polar surface area (TPSA) is 179 Å². The Balaban J connectivity index is 1.51. The van der Waals surface area contributed by atoms with Crippen LogP contribution in [0.15, 0.2) is 0 Å². The molecule has 0 bridgehead atoms. The Morgan fingerprint density at radius 1 is 1.04 bits per heavy atom. The van der Waals surface area contributed by atoms with Gasteiger partial charge in [0.25, 0.3) is 10.2 Å². The van der Waals surface area contributed by atoms with Gasteiger partial charge in [-0.1, -0.05) is 0 Å². The van der Waals surface area contributed by atoms with E-state index in [1.165, 1.54) is 0 Å². The molecule has 4 rings (SSSR count). The third-order valence-corrected chi connectivity index (χ3v) is 4.94. The van der Waals surface area contributed by atoms with Crippen LogP contribution in [0.3, 0.4) is 0 Å². The quantitative estimate of drug-likeness (QED) is 0.390. The number of Topliss-reactive ketones (excluding diaryl/α,β-unsaturated/α-hetero) is 1. The number of ketones is 1. The highest BCUT2D eigenvalue weighted by Crippen LogP contribution is 2.43. The maximum Gasteiger partial charge on any atom is 0.294 e. The van der Waals surface area contributed by atoms with Gasteiger partial charge in [-0.3, -0.25) is 4.79 Å². The monoisotopic (exact) mass is 378 g/mol. The molecule has 0 aromatic heterocycles. The minimum absolute atomic E-state index is 0.203. The van der Waals surface area contributed by atoms with Crippen molar-refractivity contribution in [3.63, 3.8) is 0 Å². The molecule has 4 aliphatic heterocycles. The van der Waals surface area contributed by atoms with Crippen molar-refractivity contribution < 1.29 is 48.7 Å². The van der Waals surface area contributed by atoms with Gasteiger partial charge in [0.15, 0.2) is 24.1 Å². The summed E-state index contributed by atoms with van der Waals surface area (Å²) in [5, 5.41) is 30.0. The molecule has 0 amide bonds. The van der Waals surface area contributed by atoms with E-state index in [-0.39, 0.29) is 13.2 Å². The molecule has 0 radical (unpaired) electrons. The third kappa shape index (κ3) is 2.49. The fourth-order valence-corrected chi connectivity index (χ4v) is 3.87. The lowest BCUT2D eigenvalue weighted by atomic mass is 9.87. The van der Waals surface area contributed by atoms with Crippen molar-refractivity contribution in [1.29, 1.82) is 0 Å². The molecule has 14 heteroatoms. The van der Waals surface area contributed by atoms with Crippen LogP contribution in [-0.4, -0.2) is 89.2 Å². The number of carbonyl (C=O) groups excluding carboxylic acids is 1. The zero-order valence-electron chi connectivity index (χ0n) is 13.0. The van der Waals surface area contributed by atoms with Gasteiger partial charge in [0, 0.05) is 0 Å². The van der Waals surface area contributed by atoms with E-state index in [4.69, 9.17) is 18.9 Å². The van der Waals surface area contributed by atoms with Crippen LogP contribution in [0, 0.1) is 20.2 Å². The maximum absolute atomic E-state index is 12.6. The molecule has 4 aliphatic rings. The summed E-state index contributed by atoms with van der Waals surface area (Å²) >= 11 is 0. The summed E-state index contributed by atoms with van der Waals surface area (Å²) in [6.45, 7) is -0.808. The van der Waals surface area contributed by atoms with Crippen LogP contribution in [0.1, 0.15) is 0 Å². The van der Waals surface area contributed by atoms with Crippen LogP contribution >= 0.6 is 0 Å². The van der Waals surface area contributed by atoms with Crippen molar-refractivity contribution >= 4 is 5.78 Å². The van der Waals surface area contributed by atoms with E-state index in [0.29, 0.717) is 0 Å². The number of rotatable bonds is 5. The van der Waals surface area contributed by atoms with Gasteiger partial charge in [-0.2, -0.15) is 0 Å². The first-order valence-electron chi connectivity index (χ1n) is 7.70. The number of hydrogen-bond acceptors (Lipinski definition) is 12. The Morgan fingerprint density at radius 3 is 2.31 bits per heavy atom.